The van der Waals surface area contributed by atoms with Gasteiger partial charge in [0, 0.05) is 43.2 Å². The fraction of sp³-hybridized carbons (Fsp3) is 0.600. The number of amides is 2. The average molecular weight is 376 g/mol. The molecule has 0 aromatic carbocycles. The Hall–Kier alpha value is -1.66. The second-order valence-corrected chi connectivity index (χ2v) is 8.47. The van der Waals surface area contributed by atoms with Gasteiger partial charge < -0.3 is 10.2 Å². The van der Waals surface area contributed by atoms with Gasteiger partial charge in [-0.3, -0.25) is 14.5 Å². The first-order chi connectivity index (χ1) is 12.6. The minimum atomic E-state index is 0.0543. The van der Waals surface area contributed by atoms with Crippen LogP contribution in [0.3, 0.4) is 0 Å². The highest BCUT2D eigenvalue weighted by atomic mass is 32.1. The van der Waals surface area contributed by atoms with Gasteiger partial charge in [0.2, 0.25) is 11.8 Å². The Bertz CT molecular complexity index is 621. The molecule has 2 fully saturated rings. The van der Waals surface area contributed by atoms with Crippen molar-refractivity contribution in [2.24, 2.45) is 5.92 Å². The molecule has 2 aliphatic rings. The summed E-state index contributed by atoms with van der Waals surface area (Å²) in [5.74, 6) is 0.894. The summed E-state index contributed by atoms with van der Waals surface area (Å²) in [5.41, 5.74) is 0. The van der Waals surface area contributed by atoms with E-state index in [1.807, 2.05) is 28.5 Å². The third-order valence-electron chi connectivity index (χ3n) is 5.29. The number of hydrogen-bond donors (Lipinski definition) is 1. The van der Waals surface area contributed by atoms with Crippen molar-refractivity contribution in [3.05, 3.63) is 28.5 Å². The van der Waals surface area contributed by atoms with Crippen molar-refractivity contribution in [3.8, 4) is 0 Å². The Morgan fingerprint density at radius 2 is 2.08 bits per heavy atom. The summed E-state index contributed by atoms with van der Waals surface area (Å²) in [6.45, 7) is 5.59. The molecule has 5 nitrogen and oxygen atoms in total. The number of hydrogen-bond acceptors (Lipinski definition) is 4. The molecule has 3 rings (SSSR count). The minimum absolute atomic E-state index is 0.0543. The van der Waals surface area contributed by atoms with Crippen molar-refractivity contribution < 1.29 is 9.59 Å². The zero-order valence-electron chi connectivity index (χ0n) is 15.5. The average Bonchev–Trinajstić information content (AvgIpc) is 3.14. The van der Waals surface area contributed by atoms with Gasteiger partial charge in [-0.2, -0.15) is 0 Å². The van der Waals surface area contributed by atoms with Gasteiger partial charge in [0.1, 0.15) is 0 Å². The van der Waals surface area contributed by atoms with Crippen molar-refractivity contribution >= 4 is 29.2 Å². The van der Waals surface area contributed by atoms with Crippen LogP contribution in [0.15, 0.2) is 23.6 Å². The summed E-state index contributed by atoms with van der Waals surface area (Å²) in [4.78, 5) is 29.7. The fourth-order valence-corrected chi connectivity index (χ4v) is 4.43. The van der Waals surface area contributed by atoms with Crippen LogP contribution >= 0.6 is 11.3 Å². The number of nitrogens with one attached hydrogen (secondary N) is 1. The largest absolute Gasteiger partial charge is 0.352 e. The van der Waals surface area contributed by atoms with E-state index in [2.05, 4.69) is 17.1 Å². The van der Waals surface area contributed by atoms with E-state index in [1.54, 1.807) is 17.4 Å². The van der Waals surface area contributed by atoms with Crippen LogP contribution in [0, 0.1) is 5.92 Å². The molecular formula is C20H29N3O2S. The van der Waals surface area contributed by atoms with Gasteiger partial charge in [0.25, 0.3) is 0 Å². The number of carbonyl (C=O) groups is 2. The molecule has 1 aliphatic heterocycles. The third kappa shape index (κ3) is 5.68. The van der Waals surface area contributed by atoms with Gasteiger partial charge in [-0.1, -0.05) is 25.8 Å². The molecule has 1 aliphatic carbocycles. The molecule has 142 valence electrons. The number of rotatable bonds is 5. The van der Waals surface area contributed by atoms with Crippen molar-refractivity contribution in [1.82, 2.24) is 15.1 Å². The third-order valence-corrected chi connectivity index (χ3v) is 6.12. The Labute approximate surface area is 160 Å². The van der Waals surface area contributed by atoms with Gasteiger partial charge in [0.15, 0.2) is 0 Å². The molecule has 1 aromatic rings. The van der Waals surface area contributed by atoms with Crippen molar-refractivity contribution in [3.63, 3.8) is 0 Å². The van der Waals surface area contributed by atoms with E-state index in [0.29, 0.717) is 31.6 Å². The predicted molar refractivity (Wildman–Crippen MR) is 106 cm³/mol. The Morgan fingerprint density at radius 3 is 2.77 bits per heavy atom. The van der Waals surface area contributed by atoms with Gasteiger partial charge >= 0.3 is 0 Å². The zero-order valence-corrected chi connectivity index (χ0v) is 16.3. The first kappa shape index (κ1) is 19.1. The van der Waals surface area contributed by atoms with E-state index in [-0.39, 0.29) is 11.8 Å². The Morgan fingerprint density at radius 1 is 1.27 bits per heavy atom. The summed E-state index contributed by atoms with van der Waals surface area (Å²) < 4.78 is 0. The lowest BCUT2D eigenvalue weighted by Crippen LogP contribution is -2.51. The quantitative estimate of drug-likeness (QED) is 0.805. The van der Waals surface area contributed by atoms with E-state index in [4.69, 9.17) is 0 Å². The van der Waals surface area contributed by atoms with E-state index < -0.39 is 0 Å². The second kappa shape index (κ2) is 9.33. The summed E-state index contributed by atoms with van der Waals surface area (Å²) in [5, 5.41) is 5.20. The summed E-state index contributed by atoms with van der Waals surface area (Å²) in [7, 11) is 0. The van der Waals surface area contributed by atoms with E-state index in [1.165, 1.54) is 12.8 Å². The van der Waals surface area contributed by atoms with E-state index in [9.17, 15) is 9.59 Å². The molecule has 26 heavy (non-hydrogen) atoms. The van der Waals surface area contributed by atoms with Crippen LogP contribution in [0.4, 0.5) is 0 Å². The molecule has 2 heterocycles. The molecular weight excluding hydrogens is 346 g/mol. The van der Waals surface area contributed by atoms with Crippen LogP contribution in [-0.2, 0) is 9.59 Å². The molecule has 1 saturated carbocycles. The van der Waals surface area contributed by atoms with Gasteiger partial charge in [0.05, 0.1) is 6.54 Å². The predicted octanol–water partition coefficient (Wildman–Crippen LogP) is 2.60. The summed E-state index contributed by atoms with van der Waals surface area (Å²) in [6, 6.07) is 4.32. The highest BCUT2D eigenvalue weighted by Gasteiger charge is 2.24. The molecule has 2 unspecified atom stereocenters. The first-order valence-electron chi connectivity index (χ1n) is 9.62. The Kier molecular flexibility index (Phi) is 6.86. The smallest absolute Gasteiger partial charge is 0.246 e. The van der Waals surface area contributed by atoms with Crippen LogP contribution in [-0.4, -0.2) is 60.4 Å². The monoisotopic (exact) mass is 375 g/mol. The van der Waals surface area contributed by atoms with E-state index >= 15 is 0 Å². The first-order valence-corrected chi connectivity index (χ1v) is 10.5. The maximum atomic E-state index is 12.3. The van der Waals surface area contributed by atoms with Gasteiger partial charge in [-0.05, 0) is 36.3 Å². The number of thiophene rings is 1. The number of carbonyl (C=O) groups excluding carboxylic acids is 2. The molecule has 0 radical (unpaired) electrons. The topological polar surface area (TPSA) is 52.7 Å². The molecule has 1 aromatic heterocycles. The van der Waals surface area contributed by atoms with E-state index in [0.717, 1.165) is 30.8 Å². The Balaban J connectivity index is 1.38. The SMILES string of the molecule is CC1CCCC(NC(=O)CN2CCN(C(=O)C=Cc3cccs3)CC2)C1. The lowest BCUT2D eigenvalue weighted by molar-refractivity contribution is -0.128. The number of piperazine rings is 1. The van der Waals surface area contributed by atoms with Crippen molar-refractivity contribution in [2.75, 3.05) is 32.7 Å². The second-order valence-electron chi connectivity index (χ2n) is 7.49. The molecule has 0 spiro atoms. The van der Waals surface area contributed by atoms with Gasteiger partial charge in [-0.15, -0.1) is 11.3 Å². The highest BCUT2D eigenvalue weighted by molar-refractivity contribution is 7.10. The maximum Gasteiger partial charge on any atom is 0.246 e. The van der Waals surface area contributed by atoms with Crippen LogP contribution in [0.5, 0.6) is 0 Å². The molecule has 2 atom stereocenters. The molecule has 1 N–H and O–H groups in total. The number of nitrogens with zero attached hydrogens (tertiary/aromatic N) is 2. The minimum Gasteiger partial charge on any atom is -0.352 e. The fourth-order valence-electron chi connectivity index (χ4n) is 3.81. The molecule has 0 bridgehead atoms. The summed E-state index contributed by atoms with van der Waals surface area (Å²) >= 11 is 1.62. The van der Waals surface area contributed by atoms with Crippen molar-refractivity contribution in [2.45, 2.75) is 38.6 Å². The molecule has 6 heteroatoms. The standard InChI is InChI=1S/C20H29N3O2S/c1-16-4-2-5-17(14-16)21-19(24)15-22-9-11-23(12-10-22)20(25)8-7-18-6-3-13-26-18/h3,6-8,13,16-17H,2,4-5,9-12,14-15H2,1H3,(H,21,24). The van der Waals surface area contributed by atoms with Crippen molar-refractivity contribution in [1.29, 1.82) is 0 Å². The maximum absolute atomic E-state index is 12.3. The lowest BCUT2D eigenvalue weighted by Gasteiger charge is -2.34. The highest BCUT2D eigenvalue weighted by Crippen LogP contribution is 2.23. The van der Waals surface area contributed by atoms with Crippen LogP contribution in [0.2, 0.25) is 0 Å². The lowest BCUT2D eigenvalue weighted by atomic mass is 9.87. The van der Waals surface area contributed by atoms with Crippen LogP contribution in [0.1, 0.15) is 37.5 Å². The normalized spacial score (nSPS) is 24.7. The van der Waals surface area contributed by atoms with Gasteiger partial charge in [-0.25, -0.2) is 0 Å². The molecule has 2 amide bonds. The van der Waals surface area contributed by atoms with Crippen LogP contribution < -0.4 is 5.32 Å². The zero-order chi connectivity index (χ0) is 18.4. The molecule has 1 saturated heterocycles. The van der Waals surface area contributed by atoms with Crippen LogP contribution in [0.25, 0.3) is 6.08 Å². The summed E-state index contributed by atoms with van der Waals surface area (Å²) in [6.07, 6.45) is 8.23.